The van der Waals surface area contributed by atoms with Crippen LogP contribution in [0, 0.1) is 11.8 Å². The van der Waals surface area contributed by atoms with E-state index in [1.54, 1.807) is 6.92 Å². The molecule has 0 saturated heterocycles. The van der Waals surface area contributed by atoms with Crippen LogP contribution in [0.4, 0.5) is 0 Å². The molecule has 3 nitrogen and oxygen atoms in total. The lowest BCUT2D eigenvalue weighted by Crippen LogP contribution is -2.33. The lowest BCUT2D eigenvalue weighted by molar-refractivity contribution is -0.140. The summed E-state index contributed by atoms with van der Waals surface area (Å²) in [6.45, 7) is 8.87. The zero-order valence-corrected chi connectivity index (χ0v) is 10.4. The first kappa shape index (κ1) is 14.4. The van der Waals surface area contributed by atoms with E-state index in [1.165, 1.54) is 12.8 Å². The van der Waals surface area contributed by atoms with E-state index in [0.29, 0.717) is 12.6 Å². The van der Waals surface area contributed by atoms with Crippen molar-refractivity contribution >= 4 is 5.97 Å². The molecule has 15 heavy (non-hydrogen) atoms. The standard InChI is InChI=1S/C12H25NO2/c1-9(2)6-5-7-11(4)13-8-10(3)12(14)15/h9-11,13H,5-8H2,1-4H3,(H,14,15). The van der Waals surface area contributed by atoms with Gasteiger partial charge in [0.15, 0.2) is 0 Å². The van der Waals surface area contributed by atoms with E-state index in [2.05, 4.69) is 26.1 Å². The summed E-state index contributed by atoms with van der Waals surface area (Å²) in [7, 11) is 0. The largest absolute Gasteiger partial charge is 0.481 e. The van der Waals surface area contributed by atoms with Crippen LogP contribution in [-0.4, -0.2) is 23.7 Å². The van der Waals surface area contributed by atoms with E-state index in [-0.39, 0.29) is 5.92 Å². The zero-order valence-electron chi connectivity index (χ0n) is 10.4. The van der Waals surface area contributed by atoms with Crippen LogP contribution in [0.3, 0.4) is 0 Å². The fourth-order valence-corrected chi connectivity index (χ4v) is 1.40. The van der Waals surface area contributed by atoms with E-state index >= 15 is 0 Å². The Morgan fingerprint density at radius 3 is 2.27 bits per heavy atom. The molecule has 0 heterocycles. The Labute approximate surface area is 93.3 Å². The maximum atomic E-state index is 10.6. The number of hydrogen-bond acceptors (Lipinski definition) is 2. The minimum Gasteiger partial charge on any atom is -0.481 e. The van der Waals surface area contributed by atoms with Gasteiger partial charge in [0.25, 0.3) is 0 Å². The molecular weight excluding hydrogens is 190 g/mol. The number of carboxylic acids is 1. The summed E-state index contributed by atoms with van der Waals surface area (Å²) in [6, 6.07) is 0.422. The Morgan fingerprint density at radius 2 is 1.80 bits per heavy atom. The van der Waals surface area contributed by atoms with Crippen LogP contribution in [-0.2, 0) is 4.79 Å². The maximum Gasteiger partial charge on any atom is 0.307 e. The molecule has 3 heteroatoms. The van der Waals surface area contributed by atoms with Crippen LogP contribution in [0.1, 0.15) is 47.0 Å². The highest BCUT2D eigenvalue weighted by atomic mass is 16.4. The molecule has 0 aromatic carbocycles. The summed E-state index contributed by atoms with van der Waals surface area (Å²) in [5, 5.41) is 12.0. The van der Waals surface area contributed by atoms with Crippen molar-refractivity contribution in [2.24, 2.45) is 11.8 Å². The Balaban J connectivity index is 3.48. The highest BCUT2D eigenvalue weighted by Gasteiger charge is 2.11. The number of rotatable bonds is 8. The third-order valence-corrected chi connectivity index (χ3v) is 2.61. The zero-order chi connectivity index (χ0) is 11.8. The minimum atomic E-state index is -0.725. The van der Waals surface area contributed by atoms with E-state index < -0.39 is 5.97 Å². The smallest absolute Gasteiger partial charge is 0.307 e. The van der Waals surface area contributed by atoms with Crippen molar-refractivity contribution in [1.82, 2.24) is 5.32 Å². The lowest BCUT2D eigenvalue weighted by atomic mass is 10.0. The van der Waals surface area contributed by atoms with Crippen LogP contribution in [0.2, 0.25) is 0 Å². The summed E-state index contributed by atoms with van der Waals surface area (Å²) in [4.78, 5) is 10.6. The van der Waals surface area contributed by atoms with Gasteiger partial charge in [-0.2, -0.15) is 0 Å². The molecule has 0 bridgehead atoms. The van der Waals surface area contributed by atoms with Crippen molar-refractivity contribution in [1.29, 1.82) is 0 Å². The molecule has 90 valence electrons. The molecule has 0 fully saturated rings. The van der Waals surface area contributed by atoms with Gasteiger partial charge in [-0.25, -0.2) is 0 Å². The summed E-state index contributed by atoms with van der Waals surface area (Å²) < 4.78 is 0. The molecule has 0 amide bonds. The van der Waals surface area contributed by atoms with Gasteiger partial charge in [-0.15, -0.1) is 0 Å². The van der Waals surface area contributed by atoms with Crippen molar-refractivity contribution in [3.05, 3.63) is 0 Å². The summed E-state index contributed by atoms with van der Waals surface area (Å²) in [5.74, 6) is -0.260. The van der Waals surface area contributed by atoms with Crippen LogP contribution < -0.4 is 5.32 Å². The van der Waals surface area contributed by atoms with Gasteiger partial charge < -0.3 is 10.4 Å². The van der Waals surface area contributed by atoms with Crippen LogP contribution in [0.5, 0.6) is 0 Å². The average Bonchev–Trinajstić information content (AvgIpc) is 2.13. The van der Waals surface area contributed by atoms with Crippen molar-refractivity contribution in [3.8, 4) is 0 Å². The van der Waals surface area contributed by atoms with E-state index in [1.807, 2.05) is 0 Å². The molecule has 0 aromatic rings. The van der Waals surface area contributed by atoms with E-state index in [4.69, 9.17) is 5.11 Å². The summed E-state index contributed by atoms with van der Waals surface area (Å²) in [5.41, 5.74) is 0. The Kier molecular flexibility index (Phi) is 7.39. The highest BCUT2D eigenvalue weighted by Crippen LogP contribution is 2.08. The number of carboxylic acid groups (broad SMARTS) is 1. The molecule has 0 rings (SSSR count). The Morgan fingerprint density at radius 1 is 1.20 bits per heavy atom. The van der Waals surface area contributed by atoms with Crippen molar-refractivity contribution in [3.63, 3.8) is 0 Å². The first-order chi connectivity index (χ1) is 6.93. The van der Waals surface area contributed by atoms with Crippen molar-refractivity contribution < 1.29 is 9.90 Å². The summed E-state index contributed by atoms with van der Waals surface area (Å²) >= 11 is 0. The molecule has 0 spiro atoms. The number of aliphatic carboxylic acids is 1. The number of hydrogen-bond donors (Lipinski definition) is 2. The first-order valence-electron chi connectivity index (χ1n) is 5.89. The van der Waals surface area contributed by atoms with Gasteiger partial charge in [0.2, 0.25) is 0 Å². The normalized spacial score (nSPS) is 15.3. The third kappa shape index (κ3) is 8.43. The molecule has 2 unspecified atom stereocenters. The van der Waals surface area contributed by atoms with Gasteiger partial charge in [-0.05, 0) is 19.3 Å². The van der Waals surface area contributed by atoms with Gasteiger partial charge in [0, 0.05) is 12.6 Å². The van der Waals surface area contributed by atoms with Gasteiger partial charge in [0.05, 0.1) is 5.92 Å². The molecule has 2 atom stereocenters. The summed E-state index contributed by atoms with van der Waals surface area (Å²) in [6.07, 6.45) is 3.60. The SMILES string of the molecule is CC(C)CCCC(C)NCC(C)C(=O)O. The molecule has 0 saturated carbocycles. The average molecular weight is 215 g/mol. The van der Waals surface area contributed by atoms with E-state index in [0.717, 1.165) is 12.3 Å². The fourth-order valence-electron chi connectivity index (χ4n) is 1.40. The van der Waals surface area contributed by atoms with Gasteiger partial charge >= 0.3 is 5.97 Å². The van der Waals surface area contributed by atoms with Crippen LogP contribution in [0.15, 0.2) is 0 Å². The quantitative estimate of drug-likeness (QED) is 0.654. The Hall–Kier alpha value is -0.570. The van der Waals surface area contributed by atoms with Gasteiger partial charge in [-0.1, -0.05) is 33.6 Å². The van der Waals surface area contributed by atoms with Crippen molar-refractivity contribution in [2.75, 3.05) is 6.54 Å². The molecular formula is C12H25NO2. The van der Waals surface area contributed by atoms with Gasteiger partial charge in [-0.3, -0.25) is 4.79 Å². The fraction of sp³-hybridized carbons (Fsp3) is 0.917. The lowest BCUT2D eigenvalue weighted by Gasteiger charge is -2.16. The van der Waals surface area contributed by atoms with Crippen molar-refractivity contribution in [2.45, 2.75) is 53.0 Å². The molecule has 0 radical (unpaired) electrons. The first-order valence-corrected chi connectivity index (χ1v) is 5.89. The topological polar surface area (TPSA) is 49.3 Å². The number of nitrogens with one attached hydrogen (secondary N) is 1. The van der Waals surface area contributed by atoms with Crippen LogP contribution >= 0.6 is 0 Å². The third-order valence-electron chi connectivity index (χ3n) is 2.61. The van der Waals surface area contributed by atoms with E-state index in [9.17, 15) is 4.79 Å². The minimum absolute atomic E-state index is 0.294. The predicted molar refractivity (Wildman–Crippen MR) is 63.0 cm³/mol. The maximum absolute atomic E-state index is 10.6. The second-order valence-electron chi connectivity index (χ2n) is 4.87. The highest BCUT2D eigenvalue weighted by molar-refractivity contribution is 5.69. The molecule has 0 aliphatic carbocycles. The van der Waals surface area contributed by atoms with Crippen LogP contribution in [0.25, 0.3) is 0 Å². The molecule has 0 aromatic heterocycles. The Bertz CT molecular complexity index is 180. The monoisotopic (exact) mass is 215 g/mol. The predicted octanol–water partition coefficient (Wildman–Crippen LogP) is 2.51. The van der Waals surface area contributed by atoms with Gasteiger partial charge in [0.1, 0.15) is 0 Å². The molecule has 0 aliphatic heterocycles. The number of carbonyl (C=O) groups is 1. The second-order valence-corrected chi connectivity index (χ2v) is 4.87. The second kappa shape index (κ2) is 7.69. The molecule has 2 N–H and O–H groups in total. The molecule has 0 aliphatic rings.